The summed E-state index contributed by atoms with van der Waals surface area (Å²) in [5.41, 5.74) is 1.63. The van der Waals surface area contributed by atoms with Gasteiger partial charge in [-0.3, -0.25) is 13.8 Å². The van der Waals surface area contributed by atoms with E-state index >= 15 is 0 Å². The number of rotatable bonds is 10. The summed E-state index contributed by atoms with van der Waals surface area (Å²) in [5, 5.41) is 0. The van der Waals surface area contributed by atoms with Crippen LogP contribution in [0.1, 0.15) is 11.1 Å². The molecule has 23 heavy (non-hydrogen) atoms. The van der Waals surface area contributed by atoms with Gasteiger partial charge < -0.3 is 4.74 Å². The van der Waals surface area contributed by atoms with Crippen LogP contribution in [-0.2, 0) is 40.9 Å². The standard InChI is InChI=1S/C16H17O6P/c17-13-19-14-22-23(18,20-11-15-7-3-1-4-8-15)21-12-16-9-5-2-6-10-16/h1-10,13H,11-12,14H2. The van der Waals surface area contributed by atoms with Gasteiger partial charge in [-0.05, 0) is 11.1 Å². The minimum atomic E-state index is -3.86. The normalized spacial score (nSPS) is 11.1. The van der Waals surface area contributed by atoms with Gasteiger partial charge in [0.1, 0.15) is 0 Å². The SMILES string of the molecule is O=COCOP(=O)(OCc1ccccc1)OCc1ccccc1. The Morgan fingerprint density at radius 1 is 0.783 bits per heavy atom. The maximum atomic E-state index is 12.6. The van der Waals surface area contributed by atoms with Gasteiger partial charge >= 0.3 is 7.82 Å². The van der Waals surface area contributed by atoms with Crippen LogP contribution in [0.25, 0.3) is 0 Å². The summed E-state index contributed by atoms with van der Waals surface area (Å²) in [6.45, 7) is -0.217. The summed E-state index contributed by atoms with van der Waals surface area (Å²) in [7, 11) is -3.86. The number of benzene rings is 2. The molecular weight excluding hydrogens is 319 g/mol. The van der Waals surface area contributed by atoms with E-state index in [0.717, 1.165) is 11.1 Å². The summed E-state index contributed by atoms with van der Waals surface area (Å²) < 4.78 is 32.5. The van der Waals surface area contributed by atoms with E-state index in [1.807, 2.05) is 60.7 Å². The van der Waals surface area contributed by atoms with Crippen LogP contribution in [0.4, 0.5) is 0 Å². The average Bonchev–Trinajstić information content (AvgIpc) is 2.61. The van der Waals surface area contributed by atoms with Gasteiger partial charge in [0.15, 0.2) is 0 Å². The van der Waals surface area contributed by atoms with Gasteiger partial charge in [0.2, 0.25) is 6.79 Å². The Balaban J connectivity index is 1.96. The lowest BCUT2D eigenvalue weighted by molar-refractivity contribution is -0.135. The predicted molar refractivity (Wildman–Crippen MR) is 83.2 cm³/mol. The van der Waals surface area contributed by atoms with E-state index in [9.17, 15) is 9.36 Å². The molecule has 0 heterocycles. The summed E-state index contributed by atoms with van der Waals surface area (Å²) in [4.78, 5) is 10.2. The van der Waals surface area contributed by atoms with Crippen LogP contribution in [0, 0.1) is 0 Å². The fraction of sp³-hybridized carbons (Fsp3) is 0.188. The van der Waals surface area contributed by atoms with Gasteiger partial charge in [0.05, 0.1) is 13.2 Å². The summed E-state index contributed by atoms with van der Waals surface area (Å²) >= 11 is 0. The lowest BCUT2D eigenvalue weighted by Gasteiger charge is -2.17. The Bertz CT molecular complexity index is 584. The highest BCUT2D eigenvalue weighted by Gasteiger charge is 2.27. The zero-order valence-corrected chi connectivity index (χ0v) is 13.3. The molecule has 2 aromatic rings. The van der Waals surface area contributed by atoms with E-state index in [1.165, 1.54) is 0 Å². The van der Waals surface area contributed by atoms with Gasteiger partial charge in [-0.1, -0.05) is 60.7 Å². The average molecular weight is 336 g/mol. The zero-order chi connectivity index (χ0) is 16.4. The highest BCUT2D eigenvalue weighted by Crippen LogP contribution is 2.50. The van der Waals surface area contributed by atoms with Gasteiger partial charge in [-0.25, -0.2) is 9.09 Å². The van der Waals surface area contributed by atoms with Crippen LogP contribution in [0.2, 0.25) is 0 Å². The van der Waals surface area contributed by atoms with Gasteiger partial charge in [0, 0.05) is 0 Å². The Morgan fingerprint density at radius 3 is 1.70 bits per heavy atom. The third-order valence-corrected chi connectivity index (χ3v) is 4.12. The van der Waals surface area contributed by atoms with Crippen molar-refractivity contribution in [3.8, 4) is 0 Å². The first kappa shape index (κ1) is 17.4. The fourth-order valence-electron chi connectivity index (χ4n) is 1.69. The zero-order valence-electron chi connectivity index (χ0n) is 12.4. The molecule has 0 aliphatic carbocycles. The van der Waals surface area contributed by atoms with Gasteiger partial charge in [-0.2, -0.15) is 0 Å². The first-order valence-corrected chi connectivity index (χ1v) is 8.35. The first-order valence-electron chi connectivity index (χ1n) is 6.88. The smallest absolute Gasteiger partial charge is 0.440 e. The molecule has 2 rings (SSSR count). The van der Waals surface area contributed by atoms with Crippen molar-refractivity contribution in [1.82, 2.24) is 0 Å². The molecule has 0 saturated heterocycles. The van der Waals surface area contributed by atoms with E-state index in [2.05, 4.69) is 4.74 Å². The highest BCUT2D eigenvalue weighted by atomic mass is 31.2. The molecule has 0 aromatic heterocycles. The van der Waals surface area contributed by atoms with Gasteiger partial charge in [-0.15, -0.1) is 0 Å². The van der Waals surface area contributed by atoms with Crippen LogP contribution < -0.4 is 0 Å². The van der Waals surface area contributed by atoms with E-state index in [1.54, 1.807) is 0 Å². The van der Waals surface area contributed by atoms with Crippen LogP contribution in [0.3, 0.4) is 0 Å². The van der Waals surface area contributed by atoms with E-state index in [4.69, 9.17) is 13.6 Å². The van der Waals surface area contributed by atoms with Crippen molar-refractivity contribution in [1.29, 1.82) is 0 Å². The molecule has 0 bridgehead atoms. The Morgan fingerprint density at radius 2 is 1.26 bits per heavy atom. The molecule has 0 radical (unpaired) electrons. The number of ether oxygens (including phenoxy) is 1. The number of hydrogen-bond acceptors (Lipinski definition) is 6. The van der Waals surface area contributed by atoms with Crippen LogP contribution >= 0.6 is 7.82 Å². The molecule has 0 atom stereocenters. The third kappa shape index (κ3) is 6.34. The third-order valence-electron chi connectivity index (χ3n) is 2.81. The monoisotopic (exact) mass is 336 g/mol. The molecule has 122 valence electrons. The number of phosphoric acid groups is 1. The minimum absolute atomic E-state index is 0.0496. The predicted octanol–water partition coefficient (Wildman–Crippen LogP) is 3.68. The molecule has 0 aliphatic heterocycles. The maximum absolute atomic E-state index is 12.6. The molecule has 0 amide bonds. The van der Waals surface area contributed by atoms with E-state index < -0.39 is 14.6 Å². The second-order valence-corrected chi connectivity index (χ2v) is 6.14. The Hall–Kier alpha value is -1.98. The second kappa shape index (κ2) is 9.22. The molecule has 0 N–H and O–H groups in total. The highest BCUT2D eigenvalue weighted by molar-refractivity contribution is 7.48. The first-order chi connectivity index (χ1) is 11.2. The lowest BCUT2D eigenvalue weighted by atomic mass is 10.2. The topological polar surface area (TPSA) is 71.1 Å². The van der Waals surface area contributed by atoms with Crippen LogP contribution in [0.5, 0.6) is 0 Å². The van der Waals surface area contributed by atoms with Crippen molar-refractivity contribution >= 4 is 14.3 Å². The molecule has 0 saturated carbocycles. The Labute approximate surface area is 134 Å². The molecule has 2 aromatic carbocycles. The summed E-state index contributed by atoms with van der Waals surface area (Å²) in [6, 6.07) is 18.4. The van der Waals surface area contributed by atoms with Crippen molar-refractivity contribution in [2.24, 2.45) is 0 Å². The van der Waals surface area contributed by atoms with Crippen molar-refractivity contribution in [2.45, 2.75) is 13.2 Å². The maximum Gasteiger partial charge on any atom is 0.478 e. The molecular formula is C16H17O6P. The van der Waals surface area contributed by atoms with Crippen LogP contribution in [0.15, 0.2) is 60.7 Å². The molecule has 6 nitrogen and oxygen atoms in total. The Kier molecular flexibility index (Phi) is 6.97. The minimum Gasteiger partial charge on any atom is -0.440 e. The number of carbonyl (C=O) groups excluding carboxylic acids is 1. The number of phosphoric ester groups is 1. The number of hydrogen-bond donors (Lipinski definition) is 0. The second-order valence-electron chi connectivity index (χ2n) is 4.48. The van der Waals surface area contributed by atoms with Crippen LogP contribution in [-0.4, -0.2) is 13.3 Å². The van der Waals surface area contributed by atoms with E-state index in [0.29, 0.717) is 0 Å². The van der Waals surface area contributed by atoms with Crippen molar-refractivity contribution < 1.29 is 27.7 Å². The molecule has 7 heteroatoms. The quantitative estimate of drug-likeness (QED) is 0.285. The summed E-state index contributed by atoms with van der Waals surface area (Å²) in [5.74, 6) is 0. The van der Waals surface area contributed by atoms with E-state index in [-0.39, 0.29) is 19.7 Å². The summed E-state index contributed by atoms with van der Waals surface area (Å²) in [6.07, 6.45) is 0. The largest absolute Gasteiger partial charge is 0.478 e. The molecule has 0 unspecified atom stereocenters. The van der Waals surface area contributed by atoms with Crippen molar-refractivity contribution in [3.05, 3.63) is 71.8 Å². The molecule has 0 spiro atoms. The van der Waals surface area contributed by atoms with Gasteiger partial charge in [0.25, 0.3) is 6.47 Å². The number of carbonyl (C=O) groups is 1. The fourth-order valence-corrected chi connectivity index (χ4v) is 2.72. The van der Waals surface area contributed by atoms with Crippen molar-refractivity contribution in [2.75, 3.05) is 6.79 Å². The lowest BCUT2D eigenvalue weighted by Crippen LogP contribution is -2.04. The molecule has 0 aliphatic rings. The van der Waals surface area contributed by atoms with Crippen molar-refractivity contribution in [3.63, 3.8) is 0 Å². The molecule has 0 fully saturated rings.